The Bertz CT molecular complexity index is 369. The molecule has 0 aliphatic heterocycles. The number of ether oxygens (including phenoxy) is 1. The van der Waals surface area contributed by atoms with Crippen LogP contribution >= 0.6 is 0 Å². The predicted molar refractivity (Wildman–Crippen MR) is 103 cm³/mol. The van der Waals surface area contributed by atoms with E-state index in [0.717, 1.165) is 13.2 Å². The van der Waals surface area contributed by atoms with E-state index in [1.807, 2.05) is 6.07 Å². The molecule has 0 aliphatic rings. The molecule has 0 aromatic heterocycles. The maximum atomic E-state index is 5.65. The molecule has 1 rings (SSSR count). The van der Waals surface area contributed by atoms with Gasteiger partial charge in [-0.2, -0.15) is 0 Å². The highest BCUT2D eigenvalue weighted by Gasteiger charge is 1.93. The van der Waals surface area contributed by atoms with Crippen molar-refractivity contribution in [2.75, 3.05) is 13.2 Å². The van der Waals surface area contributed by atoms with Crippen LogP contribution in [0.15, 0.2) is 36.4 Å². The third kappa shape index (κ3) is 13.1. The first-order valence-electron chi connectivity index (χ1n) is 9.73. The average molecular weight is 317 g/mol. The highest BCUT2D eigenvalue weighted by atomic mass is 16.5. The van der Waals surface area contributed by atoms with Gasteiger partial charge in [0.25, 0.3) is 0 Å². The van der Waals surface area contributed by atoms with Gasteiger partial charge in [0.05, 0.1) is 6.61 Å². The van der Waals surface area contributed by atoms with Gasteiger partial charge in [-0.3, -0.25) is 0 Å². The van der Waals surface area contributed by atoms with E-state index in [2.05, 4.69) is 43.3 Å². The normalized spacial score (nSPS) is 11.3. The van der Waals surface area contributed by atoms with Gasteiger partial charge in [-0.15, -0.1) is 0 Å². The lowest BCUT2D eigenvalue weighted by molar-refractivity contribution is 0.157. The van der Waals surface area contributed by atoms with Gasteiger partial charge in [-0.25, -0.2) is 0 Å². The first-order valence-corrected chi connectivity index (χ1v) is 9.73. The van der Waals surface area contributed by atoms with Crippen LogP contribution in [-0.2, 0) is 4.74 Å². The van der Waals surface area contributed by atoms with Crippen LogP contribution in [0.3, 0.4) is 0 Å². The molecule has 130 valence electrons. The number of unbranched alkanes of at least 4 members (excludes halogenated alkanes) is 10. The first-order chi connectivity index (χ1) is 11.4. The Hall–Kier alpha value is -1.08. The molecule has 1 aromatic rings. The van der Waals surface area contributed by atoms with Crippen LogP contribution in [0.4, 0.5) is 0 Å². The van der Waals surface area contributed by atoms with Crippen molar-refractivity contribution in [3.8, 4) is 0 Å². The zero-order valence-corrected chi connectivity index (χ0v) is 15.1. The van der Waals surface area contributed by atoms with E-state index in [9.17, 15) is 0 Å². The number of hydrogen-bond acceptors (Lipinski definition) is 1. The summed E-state index contributed by atoms with van der Waals surface area (Å²) in [6, 6.07) is 10.4. The molecular weight excluding hydrogens is 280 g/mol. The molecule has 1 heteroatoms. The molecule has 1 nitrogen and oxygen atoms in total. The summed E-state index contributed by atoms with van der Waals surface area (Å²) in [6.07, 6.45) is 19.5. The standard InChI is InChI=1S/C22H36O/c1-2-3-4-5-6-7-8-9-10-11-15-20-23-21-16-19-22-17-13-12-14-18-22/h12-14,16-19H,2-11,15,20-21H2,1H3. The summed E-state index contributed by atoms with van der Waals surface area (Å²) >= 11 is 0. The number of benzene rings is 1. The van der Waals surface area contributed by atoms with Crippen molar-refractivity contribution in [3.63, 3.8) is 0 Å². The molecule has 0 aliphatic carbocycles. The van der Waals surface area contributed by atoms with Gasteiger partial charge >= 0.3 is 0 Å². The second-order valence-corrected chi connectivity index (χ2v) is 6.42. The largest absolute Gasteiger partial charge is 0.377 e. The minimum absolute atomic E-state index is 0.729. The summed E-state index contributed by atoms with van der Waals surface area (Å²) in [7, 11) is 0. The van der Waals surface area contributed by atoms with Crippen molar-refractivity contribution in [2.45, 2.75) is 77.6 Å². The lowest BCUT2D eigenvalue weighted by Crippen LogP contribution is -1.94. The SMILES string of the molecule is CCCCCCCCCCCCCOCC=Cc1ccccc1. The fourth-order valence-electron chi connectivity index (χ4n) is 2.77. The zero-order valence-electron chi connectivity index (χ0n) is 15.1. The Morgan fingerprint density at radius 3 is 1.91 bits per heavy atom. The monoisotopic (exact) mass is 316 g/mol. The van der Waals surface area contributed by atoms with E-state index in [0.29, 0.717) is 0 Å². The van der Waals surface area contributed by atoms with E-state index in [1.165, 1.54) is 76.2 Å². The van der Waals surface area contributed by atoms with E-state index in [1.54, 1.807) is 0 Å². The topological polar surface area (TPSA) is 9.23 Å². The number of rotatable bonds is 15. The average Bonchev–Trinajstić information content (AvgIpc) is 2.59. The summed E-state index contributed by atoms with van der Waals surface area (Å²) in [5.74, 6) is 0. The Balaban J connectivity index is 1.77. The quantitative estimate of drug-likeness (QED) is 0.316. The third-order valence-electron chi connectivity index (χ3n) is 4.22. The zero-order chi connectivity index (χ0) is 16.4. The molecule has 23 heavy (non-hydrogen) atoms. The highest BCUT2D eigenvalue weighted by molar-refractivity contribution is 5.48. The van der Waals surface area contributed by atoms with Crippen molar-refractivity contribution < 1.29 is 4.74 Å². The molecule has 0 atom stereocenters. The van der Waals surface area contributed by atoms with Crippen molar-refractivity contribution in [2.24, 2.45) is 0 Å². The Morgan fingerprint density at radius 2 is 1.30 bits per heavy atom. The van der Waals surface area contributed by atoms with Crippen molar-refractivity contribution in [1.29, 1.82) is 0 Å². The van der Waals surface area contributed by atoms with E-state index >= 15 is 0 Å². The van der Waals surface area contributed by atoms with Gasteiger partial charge in [-0.1, -0.05) is 114 Å². The molecule has 0 fully saturated rings. The van der Waals surface area contributed by atoms with Gasteiger partial charge in [0, 0.05) is 6.61 Å². The third-order valence-corrected chi connectivity index (χ3v) is 4.22. The summed E-state index contributed by atoms with van der Waals surface area (Å²) in [5.41, 5.74) is 1.24. The highest BCUT2D eigenvalue weighted by Crippen LogP contribution is 2.11. The van der Waals surface area contributed by atoms with E-state index < -0.39 is 0 Å². The van der Waals surface area contributed by atoms with Crippen molar-refractivity contribution >= 4 is 6.08 Å². The maximum absolute atomic E-state index is 5.65. The summed E-state index contributed by atoms with van der Waals surface area (Å²) < 4.78 is 5.65. The molecule has 0 unspecified atom stereocenters. The van der Waals surface area contributed by atoms with Gasteiger partial charge in [0.15, 0.2) is 0 Å². The number of hydrogen-bond donors (Lipinski definition) is 0. The summed E-state index contributed by atoms with van der Waals surface area (Å²) in [4.78, 5) is 0. The lowest BCUT2D eigenvalue weighted by Gasteiger charge is -2.03. The molecular formula is C22H36O. The summed E-state index contributed by atoms with van der Waals surface area (Å²) in [5, 5.41) is 0. The fourth-order valence-corrected chi connectivity index (χ4v) is 2.77. The minimum Gasteiger partial charge on any atom is -0.377 e. The van der Waals surface area contributed by atoms with Crippen LogP contribution in [0.2, 0.25) is 0 Å². The van der Waals surface area contributed by atoms with Crippen LogP contribution in [0.1, 0.15) is 83.1 Å². The Labute approximate surface area is 144 Å². The molecule has 0 radical (unpaired) electrons. The Kier molecular flexibility index (Phi) is 13.7. The van der Waals surface area contributed by atoms with Gasteiger partial charge < -0.3 is 4.74 Å². The molecule has 0 amide bonds. The molecule has 0 spiro atoms. The second kappa shape index (κ2) is 15.8. The fraction of sp³-hybridized carbons (Fsp3) is 0.636. The van der Waals surface area contributed by atoms with Crippen LogP contribution in [-0.4, -0.2) is 13.2 Å². The predicted octanol–water partition coefficient (Wildman–Crippen LogP) is 7.03. The smallest absolute Gasteiger partial charge is 0.0650 e. The van der Waals surface area contributed by atoms with Crippen LogP contribution in [0.5, 0.6) is 0 Å². The van der Waals surface area contributed by atoms with Crippen LogP contribution in [0, 0.1) is 0 Å². The molecule has 1 aromatic carbocycles. The van der Waals surface area contributed by atoms with E-state index in [-0.39, 0.29) is 0 Å². The Morgan fingerprint density at radius 1 is 0.739 bits per heavy atom. The summed E-state index contributed by atoms with van der Waals surface area (Å²) in [6.45, 7) is 3.91. The van der Waals surface area contributed by atoms with Gasteiger partial charge in [0.1, 0.15) is 0 Å². The van der Waals surface area contributed by atoms with Crippen molar-refractivity contribution in [1.82, 2.24) is 0 Å². The molecule has 0 saturated heterocycles. The maximum Gasteiger partial charge on any atom is 0.0650 e. The van der Waals surface area contributed by atoms with Gasteiger partial charge in [0.2, 0.25) is 0 Å². The minimum atomic E-state index is 0.729. The molecule has 0 saturated carbocycles. The van der Waals surface area contributed by atoms with Gasteiger partial charge in [-0.05, 0) is 12.0 Å². The van der Waals surface area contributed by atoms with E-state index in [4.69, 9.17) is 4.74 Å². The molecule has 0 bridgehead atoms. The molecule has 0 heterocycles. The van der Waals surface area contributed by atoms with Crippen LogP contribution in [0.25, 0.3) is 6.08 Å². The first kappa shape index (κ1) is 20.0. The van der Waals surface area contributed by atoms with Crippen molar-refractivity contribution in [3.05, 3.63) is 42.0 Å². The van der Waals surface area contributed by atoms with Crippen LogP contribution < -0.4 is 0 Å². The second-order valence-electron chi connectivity index (χ2n) is 6.42. The molecule has 0 N–H and O–H groups in total. The lowest BCUT2D eigenvalue weighted by atomic mass is 10.1.